The highest BCUT2D eigenvalue weighted by Gasteiger charge is 2.19. The number of aromatic nitrogens is 2. The van der Waals surface area contributed by atoms with Gasteiger partial charge in [-0.1, -0.05) is 29.8 Å². The van der Waals surface area contributed by atoms with Crippen LogP contribution in [-0.2, 0) is 6.54 Å². The minimum absolute atomic E-state index is 0.277. The third-order valence-electron chi connectivity index (χ3n) is 4.84. The minimum atomic E-state index is -0.588. The number of aryl methyl sites for hydroxylation is 1. The van der Waals surface area contributed by atoms with E-state index in [2.05, 4.69) is 10.4 Å². The Morgan fingerprint density at radius 1 is 1.23 bits per heavy atom. The van der Waals surface area contributed by atoms with E-state index in [-0.39, 0.29) is 11.5 Å². The summed E-state index contributed by atoms with van der Waals surface area (Å²) in [5, 5.41) is 8.97. The fraction of sp³-hybridized carbons (Fsp3) is 0.136. The van der Waals surface area contributed by atoms with Gasteiger partial charge >= 0.3 is 0 Å². The topological polar surface area (TPSA) is 99.2 Å². The Morgan fingerprint density at radius 2 is 2.00 bits per heavy atom. The van der Waals surface area contributed by atoms with Crippen molar-refractivity contribution >= 4 is 50.7 Å². The summed E-state index contributed by atoms with van der Waals surface area (Å²) in [5.41, 5.74) is 7.77. The van der Waals surface area contributed by atoms with E-state index in [1.807, 2.05) is 41.9 Å². The van der Waals surface area contributed by atoms with E-state index in [1.165, 1.54) is 24.5 Å². The van der Waals surface area contributed by atoms with Crippen LogP contribution in [0.3, 0.4) is 0 Å². The molecule has 0 saturated heterocycles. The van der Waals surface area contributed by atoms with Gasteiger partial charge in [0.05, 0.1) is 29.9 Å². The summed E-state index contributed by atoms with van der Waals surface area (Å²) < 4.78 is 7.14. The van der Waals surface area contributed by atoms with Crippen molar-refractivity contribution in [2.75, 3.05) is 12.4 Å². The molecule has 7 nitrogen and oxygen atoms in total. The Bertz CT molecular complexity index is 1310. The van der Waals surface area contributed by atoms with Crippen LogP contribution >= 0.6 is 22.9 Å². The maximum Gasteiger partial charge on any atom is 0.265 e. The maximum atomic E-state index is 12.9. The molecule has 0 aliphatic rings. The van der Waals surface area contributed by atoms with Crippen molar-refractivity contribution in [2.45, 2.75) is 13.5 Å². The molecule has 0 aliphatic carbocycles. The molecule has 2 amide bonds. The Labute approximate surface area is 187 Å². The van der Waals surface area contributed by atoms with E-state index in [4.69, 9.17) is 22.1 Å². The monoisotopic (exact) mass is 454 g/mol. The number of halogens is 1. The van der Waals surface area contributed by atoms with Crippen LogP contribution in [-0.4, -0.2) is 28.7 Å². The molecular formula is C22H19ClN4O3S. The molecule has 4 aromatic rings. The van der Waals surface area contributed by atoms with Gasteiger partial charge in [0.1, 0.15) is 10.6 Å². The molecule has 0 bridgehead atoms. The van der Waals surface area contributed by atoms with Crippen molar-refractivity contribution in [1.29, 1.82) is 0 Å². The molecule has 158 valence electrons. The van der Waals surface area contributed by atoms with Crippen LogP contribution in [0.4, 0.5) is 5.69 Å². The van der Waals surface area contributed by atoms with Gasteiger partial charge in [-0.25, -0.2) is 0 Å². The zero-order chi connectivity index (χ0) is 22.1. The summed E-state index contributed by atoms with van der Waals surface area (Å²) in [7, 11) is 1.49. The molecule has 0 spiro atoms. The molecule has 2 aromatic carbocycles. The van der Waals surface area contributed by atoms with Crippen LogP contribution in [0.15, 0.2) is 48.5 Å². The lowest BCUT2D eigenvalue weighted by atomic mass is 10.1. The number of benzene rings is 2. The molecule has 0 radical (unpaired) electrons. The number of amides is 2. The molecule has 9 heteroatoms. The highest BCUT2D eigenvalue weighted by Crippen LogP contribution is 2.31. The van der Waals surface area contributed by atoms with Gasteiger partial charge in [-0.15, -0.1) is 11.3 Å². The van der Waals surface area contributed by atoms with Gasteiger partial charge in [0.2, 0.25) is 5.91 Å². The van der Waals surface area contributed by atoms with Crippen molar-refractivity contribution in [2.24, 2.45) is 5.73 Å². The van der Waals surface area contributed by atoms with Gasteiger partial charge in [0.25, 0.3) is 5.91 Å². The normalized spacial score (nSPS) is 10.9. The fourth-order valence-electron chi connectivity index (χ4n) is 3.26. The van der Waals surface area contributed by atoms with E-state index in [0.29, 0.717) is 27.9 Å². The number of carbonyl (C=O) groups excluding carboxylic acids is 2. The van der Waals surface area contributed by atoms with Crippen molar-refractivity contribution in [3.63, 3.8) is 0 Å². The van der Waals surface area contributed by atoms with Crippen LogP contribution in [0.25, 0.3) is 10.2 Å². The molecule has 4 rings (SSSR count). The number of methoxy groups -OCH3 is 1. The number of nitrogens with one attached hydrogen (secondary N) is 1. The average Bonchev–Trinajstić information content (AvgIpc) is 3.31. The molecule has 31 heavy (non-hydrogen) atoms. The number of ether oxygens (including phenoxy) is 1. The highest BCUT2D eigenvalue weighted by molar-refractivity contribution is 7.20. The predicted molar refractivity (Wildman–Crippen MR) is 122 cm³/mol. The van der Waals surface area contributed by atoms with E-state index < -0.39 is 5.91 Å². The standard InChI is InChI=1S/C22H19ClN4O3S/c1-12-15-10-19(21(29)25-17-9-13(20(24)28)7-8-18(17)30-2)31-22(15)27(26-12)11-14-5-3-4-6-16(14)23/h3-10H,11H2,1-2H3,(H2,24,28)(H,25,29). The first kappa shape index (κ1) is 20.9. The van der Waals surface area contributed by atoms with Crippen LogP contribution in [0, 0.1) is 6.92 Å². The van der Waals surface area contributed by atoms with Crippen molar-refractivity contribution < 1.29 is 14.3 Å². The first-order valence-corrected chi connectivity index (χ1v) is 10.6. The molecule has 3 N–H and O–H groups in total. The number of carbonyl (C=O) groups is 2. The Balaban J connectivity index is 1.65. The summed E-state index contributed by atoms with van der Waals surface area (Å²) in [6.45, 7) is 2.40. The lowest BCUT2D eigenvalue weighted by Gasteiger charge is -2.10. The summed E-state index contributed by atoms with van der Waals surface area (Å²) in [6, 6.07) is 14.0. The van der Waals surface area contributed by atoms with Crippen LogP contribution < -0.4 is 15.8 Å². The lowest BCUT2D eigenvalue weighted by molar-refractivity contribution is 0.0996. The number of thiophene rings is 1. The Morgan fingerprint density at radius 3 is 2.71 bits per heavy atom. The smallest absolute Gasteiger partial charge is 0.265 e. The molecule has 0 aliphatic heterocycles. The van der Waals surface area contributed by atoms with E-state index >= 15 is 0 Å². The summed E-state index contributed by atoms with van der Waals surface area (Å²) in [6.07, 6.45) is 0. The van der Waals surface area contributed by atoms with Crippen molar-refractivity contribution in [3.8, 4) is 5.75 Å². The number of hydrogen-bond acceptors (Lipinski definition) is 5. The van der Waals surface area contributed by atoms with Gasteiger partial charge in [-0.3, -0.25) is 14.3 Å². The molecular weight excluding hydrogens is 436 g/mol. The highest BCUT2D eigenvalue weighted by atomic mass is 35.5. The zero-order valence-corrected chi connectivity index (χ0v) is 18.4. The second-order valence-corrected chi connectivity index (χ2v) is 8.34. The quantitative estimate of drug-likeness (QED) is 0.449. The summed E-state index contributed by atoms with van der Waals surface area (Å²) in [5.74, 6) is -0.472. The van der Waals surface area contributed by atoms with E-state index in [1.54, 1.807) is 12.1 Å². The average molecular weight is 455 g/mol. The molecule has 2 aromatic heterocycles. The van der Waals surface area contributed by atoms with E-state index in [9.17, 15) is 9.59 Å². The number of hydrogen-bond donors (Lipinski definition) is 2. The van der Waals surface area contributed by atoms with Gasteiger partial charge in [-0.05, 0) is 42.8 Å². The van der Waals surface area contributed by atoms with Crippen LogP contribution in [0.2, 0.25) is 5.02 Å². The third kappa shape index (κ3) is 4.12. The largest absolute Gasteiger partial charge is 0.495 e. The molecule has 0 saturated carbocycles. The second-order valence-electron chi connectivity index (χ2n) is 6.90. The fourth-order valence-corrected chi connectivity index (χ4v) is 4.51. The molecule has 0 fully saturated rings. The zero-order valence-electron chi connectivity index (χ0n) is 16.8. The van der Waals surface area contributed by atoms with Gasteiger partial charge in [0, 0.05) is 16.0 Å². The van der Waals surface area contributed by atoms with Crippen molar-refractivity contribution in [1.82, 2.24) is 9.78 Å². The first-order chi connectivity index (χ1) is 14.9. The van der Waals surface area contributed by atoms with Crippen molar-refractivity contribution in [3.05, 3.63) is 75.3 Å². The minimum Gasteiger partial charge on any atom is -0.495 e. The molecule has 2 heterocycles. The lowest BCUT2D eigenvalue weighted by Crippen LogP contribution is -2.14. The van der Waals surface area contributed by atoms with Gasteiger partial charge in [0.15, 0.2) is 0 Å². The maximum absolute atomic E-state index is 12.9. The van der Waals surface area contributed by atoms with Crippen LogP contribution in [0.5, 0.6) is 5.75 Å². The predicted octanol–water partition coefficient (Wildman–Crippen LogP) is 4.47. The van der Waals surface area contributed by atoms with E-state index in [0.717, 1.165) is 21.5 Å². The SMILES string of the molecule is COc1ccc(C(N)=O)cc1NC(=O)c1cc2c(C)nn(Cc3ccccc3Cl)c2s1. The molecule has 0 atom stereocenters. The number of nitrogens with two attached hydrogens (primary N) is 1. The number of anilines is 1. The summed E-state index contributed by atoms with van der Waals surface area (Å²) >= 11 is 7.63. The Kier molecular flexibility index (Phi) is 5.67. The first-order valence-electron chi connectivity index (χ1n) is 9.37. The van der Waals surface area contributed by atoms with Gasteiger partial charge < -0.3 is 15.8 Å². The Hall–Kier alpha value is -3.36. The summed E-state index contributed by atoms with van der Waals surface area (Å²) in [4.78, 5) is 25.8. The molecule has 0 unspecified atom stereocenters. The number of fused-ring (bicyclic) bond motifs is 1. The second kappa shape index (κ2) is 8.41. The van der Waals surface area contributed by atoms with Gasteiger partial charge in [-0.2, -0.15) is 5.10 Å². The number of nitrogens with zero attached hydrogens (tertiary/aromatic N) is 2. The number of primary amides is 1. The van der Waals surface area contributed by atoms with Crippen LogP contribution in [0.1, 0.15) is 31.3 Å². The number of rotatable bonds is 6. The third-order valence-corrected chi connectivity index (χ3v) is 6.36.